The SMILES string of the molecule is CC(C)(C)NC(=O)C1CSCN1C(=O)CCOc1cccc(Cl)c1Cl. The molecule has 2 rings (SSSR count). The van der Waals surface area contributed by atoms with Crippen molar-refractivity contribution in [1.82, 2.24) is 10.2 Å². The molecule has 1 unspecified atom stereocenters. The molecule has 2 amide bonds. The van der Waals surface area contributed by atoms with Crippen LogP contribution >= 0.6 is 35.0 Å². The fourth-order valence-corrected chi connectivity index (χ4v) is 3.87. The van der Waals surface area contributed by atoms with Crippen LogP contribution in [0, 0.1) is 0 Å². The van der Waals surface area contributed by atoms with Crippen LogP contribution in [0.4, 0.5) is 0 Å². The van der Waals surface area contributed by atoms with Crippen molar-refractivity contribution in [3.63, 3.8) is 0 Å². The molecule has 1 aromatic rings. The molecule has 1 aliphatic heterocycles. The molecule has 1 heterocycles. The first kappa shape index (κ1) is 20.2. The summed E-state index contributed by atoms with van der Waals surface area (Å²) < 4.78 is 5.55. The van der Waals surface area contributed by atoms with Gasteiger partial charge in [-0.3, -0.25) is 9.59 Å². The van der Waals surface area contributed by atoms with Crippen molar-refractivity contribution in [3.8, 4) is 5.75 Å². The van der Waals surface area contributed by atoms with Crippen molar-refractivity contribution in [3.05, 3.63) is 28.2 Å². The number of carbonyl (C=O) groups excluding carboxylic acids is 2. The lowest BCUT2D eigenvalue weighted by Gasteiger charge is -2.27. The van der Waals surface area contributed by atoms with Crippen molar-refractivity contribution >= 4 is 46.8 Å². The summed E-state index contributed by atoms with van der Waals surface area (Å²) in [5.74, 6) is 1.33. The monoisotopic (exact) mass is 404 g/mol. The molecule has 0 radical (unpaired) electrons. The molecule has 0 aliphatic carbocycles. The second-order valence-corrected chi connectivity index (χ2v) is 8.55. The van der Waals surface area contributed by atoms with E-state index in [1.54, 1.807) is 34.9 Å². The van der Waals surface area contributed by atoms with Crippen molar-refractivity contribution in [2.75, 3.05) is 18.2 Å². The minimum absolute atomic E-state index is 0.114. The number of amides is 2. The zero-order valence-corrected chi connectivity index (χ0v) is 16.8. The number of ether oxygens (including phenoxy) is 1. The van der Waals surface area contributed by atoms with Crippen LogP contribution in [0.25, 0.3) is 0 Å². The summed E-state index contributed by atoms with van der Waals surface area (Å²) in [6.07, 6.45) is 0.169. The largest absolute Gasteiger partial charge is 0.491 e. The normalized spacial score (nSPS) is 17.5. The van der Waals surface area contributed by atoms with E-state index >= 15 is 0 Å². The molecule has 1 aromatic carbocycles. The fraction of sp³-hybridized carbons (Fsp3) is 0.529. The minimum atomic E-state index is -0.438. The van der Waals surface area contributed by atoms with Gasteiger partial charge in [0.05, 0.1) is 23.9 Å². The van der Waals surface area contributed by atoms with Crippen LogP contribution in [0.1, 0.15) is 27.2 Å². The van der Waals surface area contributed by atoms with Gasteiger partial charge in [0.15, 0.2) is 0 Å². The number of thioether (sulfide) groups is 1. The average molecular weight is 405 g/mol. The van der Waals surface area contributed by atoms with Crippen molar-refractivity contribution < 1.29 is 14.3 Å². The topological polar surface area (TPSA) is 58.6 Å². The number of rotatable bonds is 5. The van der Waals surface area contributed by atoms with Gasteiger partial charge in [0.2, 0.25) is 11.8 Å². The molecule has 0 saturated carbocycles. The molecule has 0 spiro atoms. The third-order valence-electron chi connectivity index (χ3n) is 3.49. The highest BCUT2D eigenvalue weighted by Crippen LogP contribution is 2.31. The molecule has 8 heteroatoms. The second-order valence-electron chi connectivity index (χ2n) is 6.77. The number of nitrogens with one attached hydrogen (secondary N) is 1. The first-order chi connectivity index (χ1) is 11.7. The van der Waals surface area contributed by atoms with E-state index in [2.05, 4.69) is 5.32 Å². The van der Waals surface area contributed by atoms with Gasteiger partial charge < -0.3 is 15.0 Å². The van der Waals surface area contributed by atoms with Gasteiger partial charge in [-0.1, -0.05) is 29.3 Å². The van der Waals surface area contributed by atoms with Crippen LogP contribution in [-0.2, 0) is 9.59 Å². The Morgan fingerprint density at radius 1 is 1.36 bits per heavy atom. The van der Waals surface area contributed by atoms with E-state index in [-0.39, 0.29) is 30.4 Å². The molecule has 5 nitrogen and oxygen atoms in total. The van der Waals surface area contributed by atoms with E-state index < -0.39 is 6.04 Å². The lowest BCUT2D eigenvalue weighted by Crippen LogP contribution is -2.52. The average Bonchev–Trinajstić information content (AvgIpc) is 2.99. The van der Waals surface area contributed by atoms with Gasteiger partial charge in [-0.05, 0) is 32.9 Å². The summed E-state index contributed by atoms with van der Waals surface area (Å²) in [6.45, 7) is 5.93. The van der Waals surface area contributed by atoms with Gasteiger partial charge in [-0.15, -0.1) is 11.8 Å². The Balaban J connectivity index is 1.89. The van der Waals surface area contributed by atoms with Gasteiger partial charge >= 0.3 is 0 Å². The number of halogens is 2. The maximum atomic E-state index is 12.5. The van der Waals surface area contributed by atoms with E-state index in [1.807, 2.05) is 20.8 Å². The quantitative estimate of drug-likeness (QED) is 0.814. The number of nitrogens with zero attached hydrogens (tertiary/aromatic N) is 1. The summed E-state index contributed by atoms with van der Waals surface area (Å²) in [4.78, 5) is 26.4. The predicted molar refractivity (Wildman–Crippen MR) is 102 cm³/mol. The standard InChI is InChI=1S/C17H22Cl2N2O3S/c1-17(2,3)20-16(23)12-9-25-10-21(12)14(22)7-8-24-13-6-4-5-11(18)15(13)19/h4-6,12H,7-10H2,1-3H3,(H,20,23). The molecule has 1 saturated heterocycles. The van der Waals surface area contributed by atoms with Gasteiger partial charge in [0.1, 0.15) is 16.8 Å². The number of benzene rings is 1. The summed E-state index contributed by atoms with van der Waals surface area (Å²) in [5.41, 5.74) is -0.328. The Morgan fingerprint density at radius 3 is 2.76 bits per heavy atom. The molecule has 138 valence electrons. The summed E-state index contributed by atoms with van der Waals surface area (Å²) in [7, 11) is 0. The van der Waals surface area contributed by atoms with Gasteiger partial charge in [0, 0.05) is 11.3 Å². The zero-order chi connectivity index (χ0) is 18.6. The van der Waals surface area contributed by atoms with E-state index in [1.165, 1.54) is 0 Å². The Kier molecular flexibility index (Phi) is 6.88. The highest BCUT2D eigenvalue weighted by molar-refractivity contribution is 7.99. The molecule has 1 fully saturated rings. The Labute approximate surface area is 162 Å². The highest BCUT2D eigenvalue weighted by Gasteiger charge is 2.35. The highest BCUT2D eigenvalue weighted by atomic mass is 35.5. The smallest absolute Gasteiger partial charge is 0.244 e. The lowest BCUT2D eigenvalue weighted by molar-refractivity contribution is -0.139. The number of hydrogen-bond acceptors (Lipinski definition) is 4. The van der Waals surface area contributed by atoms with E-state index in [0.717, 1.165) is 0 Å². The van der Waals surface area contributed by atoms with Crippen LogP contribution in [-0.4, -0.2) is 46.5 Å². The Bertz CT molecular complexity index is 649. The molecule has 1 atom stereocenters. The molecule has 25 heavy (non-hydrogen) atoms. The molecule has 0 bridgehead atoms. The number of carbonyl (C=O) groups is 2. The van der Waals surface area contributed by atoms with Crippen LogP contribution < -0.4 is 10.1 Å². The zero-order valence-electron chi connectivity index (χ0n) is 14.5. The maximum Gasteiger partial charge on any atom is 0.244 e. The van der Waals surface area contributed by atoms with Crippen LogP contribution in [0.3, 0.4) is 0 Å². The molecular weight excluding hydrogens is 383 g/mol. The minimum Gasteiger partial charge on any atom is -0.491 e. The first-order valence-electron chi connectivity index (χ1n) is 7.95. The van der Waals surface area contributed by atoms with Gasteiger partial charge in [-0.2, -0.15) is 0 Å². The summed E-state index contributed by atoms with van der Waals surface area (Å²) in [6, 6.07) is 4.66. The first-order valence-corrected chi connectivity index (χ1v) is 9.86. The van der Waals surface area contributed by atoms with E-state index in [9.17, 15) is 9.59 Å². The third-order valence-corrected chi connectivity index (χ3v) is 5.31. The third kappa shape index (κ3) is 5.69. The van der Waals surface area contributed by atoms with Crippen molar-refractivity contribution in [1.29, 1.82) is 0 Å². The molecule has 1 N–H and O–H groups in total. The summed E-state index contributed by atoms with van der Waals surface area (Å²) in [5, 5.41) is 3.66. The maximum absolute atomic E-state index is 12.5. The molecule has 0 aromatic heterocycles. The van der Waals surface area contributed by atoms with Crippen molar-refractivity contribution in [2.24, 2.45) is 0 Å². The molecular formula is C17H22Cl2N2O3S. The van der Waals surface area contributed by atoms with Crippen LogP contribution in [0.15, 0.2) is 18.2 Å². The molecule has 1 aliphatic rings. The lowest BCUT2D eigenvalue weighted by atomic mass is 10.1. The Morgan fingerprint density at radius 2 is 2.08 bits per heavy atom. The van der Waals surface area contributed by atoms with Crippen LogP contribution in [0.2, 0.25) is 10.0 Å². The predicted octanol–water partition coefficient (Wildman–Crippen LogP) is 3.58. The fourth-order valence-electron chi connectivity index (χ4n) is 2.35. The summed E-state index contributed by atoms with van der Waals surface area (Å²) >= 11 is 13.6. The number of hydrogen-bond donors (Lipinski definition) is 1. The van der Waals surface area contributed by atoms with E-state index in [0.29, 0.717) is 27.4 Å². The second kappa shape index (κ2) is 8.52. The van der Waals surface area contributed by atoms with Gasteiger partial charge in [0.25, 0.3) is 0 Å². The van der Waals surface area contributed by atoms with Crippen LogP contribution in [0.5, 0.6) is 5.75 Å². The van der Waals surface area contributed by atoms with E-state index in [4.69, 9.17) is 27.9 Å². The Hall–Kier alpha value is -1.11. The van der Waals surface area contributed by atoms with Crippen molar-refractivity contribution in [2.45, 2.75) is 38.8 Å². The van der Waals surface area contributed by atoms with Gasteiger partial charge in [-0.25, -0.2) is 0 Å².